The summed E-state index contributed by atoms with van der Waals surface area (Å²) in [6.45, 7) is 6.58. The van der Waals surface area contributed by atoms with E-state index in [-0.39, 0.29) is 18.7 Å². The zero-order valence-electron chi connectivity index (χ0n) is 15.3. The molecule has 0 radical (unpaired) electrons. The molecule has 2 aromatic rings. The van der Waals surface area contributed by atoms with Crippen LogP contribution in [-0.4, -0.2) is 46.7 Å². The van der Waals surface area contributed by atoms with Gasteiger partial charge in [-0.2, -0.15) is 0 Å². The van der Waals surface area contributed by atoms with Crippen molar-refractivity contribution in [3.63, 3.8) is 0 Å². The van der Waals surface area contributed by atoms with Crippen LogP contribution in [0.3, 0.4) is 0 Å². The van der Waals surface area contributed by atoms with Crippen molar-refractivity contribution in [3.05, 3.63) is 71.8 Å². The maximum Gasteiger partial charge on any atom is 0.235 e. The van der Waals surface area contributed by atoms with Crippen LogP contribution in [0.2, 0.25) is 0 Å². The highest BCUT2D eigenvalue weighted by Gasteiger charge is 2.32. The molecule has 2 aromatic carbocycles. The average Bonchev–Trinajstić information content (AvgIpc) is 3.11. The molecule has 1 N–H and O–H groups in total. The molecule has 1 heterocycles. The minimum absolute atomic E-state index is 0.206. The topological polar surface area (TPSA) is 26.5 Å². The summed E-state index contributed by atoms with van der Waals surface area (Å²) in [7, 11) is 0. The van der Waals surface area contributed by atoms with Crippen molar-refractivity contribution in [1.82, 2.24) is 4.90 Å². The second-order valence-electron chi connectivity index (χ2n) is 7.28. The molecule has 0 saturated carbocycles. The van der Waals surface area contributed by atoms with Gasteiger partial charge >= 0.3 is 0 Å². The molecule has 0 fully saturated rings. The molecule has 25 heavy (non-hydrogen) atoms. The van der Waals surface area contributed by atoms with Crippen LogP contribution in [0, 0.1) is 5.92 Å². The van der Waals surface area contributed by atoms with Crippen LogP contribution >= 0.6 is 0 Å². The first kappa shape index (κ1) is 17.7. The predicted octanol–water partition coefficient (Wildman–Crippen LogP) is 3.54. The van der Waals surface area contributed by atoms with Gasteiger partial charge < -0.3 is 5.11 Å². The van der Waals surface area contributed by atoms with Crippen LogP contribution in [0.1, 0.15) is 37.4 Å². The summed E-state index contributed by atoms with van der Waals surface area (Å²) < 4.78 is 2.41. The maximum absolute atomic E-state index is 9.81. The Kier molecular flexibility index (Phi) is 5.87. The van der Waals surface area contributed by atoms with E-state index in [1.54, 1.807) is 0 Å². The largest absolute Gasteiger partial charge is 0.392 e. The molecule has 3 rings (SSSR count). The SMILES string of the molecule is CC(C)C[C@@H](CO)N1C=[N+](C(c2ccccc2)c2ccccc2)CC1. The Morgan fingerprint density at radius 1 is 0.960 bits per heavy atom. The van der Waals surface area contributed by atoms with E-state index in [2.05, 4.69) is 90.3 Å². The van der Waals surface area contributed by atoms with Gasteiger partial charge in [0.2, 0.25) is 6.34 Å². The molecular formula is C22H29N2O+. The molecule has 1 aliphatic rings. The quantitative estimate of drug-likeness (QED) is 0.782. The Bertz CT molecular complexity index is 642. The van der Waals surface area contributed by atoms with Crippen molar-refractivity contribution in [3.8, 4) is 0 Å². The monoisotopic (exact) mass is 337 g/mol. The second-order valence-corrected chi connectivity index (χ2v) is 7.28. The van der Waals surface area contributed by atoms with E-state index in [4.69, 9.17) is 0 Å². The smallest absolute Gasteiger partial charge is 0.235 e. The minimum Gasteiger partial charge on any atom is -0.392 e. The van der Waals surface area contributed by atoms with Gasteiger partial charge in [0, 0.05) is 11.1 Å². The first-order chi connectivity index (χ1) is 12.2. The summed E-state index contributed by atoms with van der Waals surface area (Å²) in [6, 6.07) is 21.8. The lowest BCUT2D eigenvalue weighted by molar-refractivity contribution is -0.549. The minimum atomic E-state index is 0.206. The first-order valence-electron chi connectivity index (χ1n) is 9.26. The fraction of sp³-hybridized carbons (Fsp3) is 0.409. The number of hydrogen-bond donors (Lipinski definition) is 1. The van der Waals surface area contributed by atoms with Crippen LogP contribution in [0.4, 0.5) is 0 Å². The van der Waals surface area contributed by atoms with Gasteiger partial charge in [0.15, 0.2) is 0 Å². The van der Waals surface area contributed by atoms with Crippen molar-refractivity contribution >= 4 is 6.34 Å². The second kappa shape index (κ2) is 8.30. The summed E-state index contributed by atoms with van der Waals surface area (Å²) in [6.07, 6.45) is 3.25. The van der Waals surface area contributed by atoms with Crippen molar-refractivity contribution in [2.75, 3.05) is 19.7 Å². The van der Waals surface area contributed by atoms with E-state index in [1.165, 1.54) is 11.1 Å². The fourth-order valence-electron chi connectivity index (χ4n) is 3.71. The van der Waals surface area contributed by atoms with Crippen molar-refractivity contribution in [1.29, 1.82) is 0 Å². The molecule has 0 amide bonds. The third kappa shape index (κ3) is 4.29. The van der Waals surface area contributed by atoms with Gasteiger partial charge in [0.05, 0.1) is 6.61 Å². The molecule has 0 unspecified atom stereocenters. The highest BCUT2D eigenvalue weighted by Crippen LogP contribution is 2.27. The number of aliphatic hydroxyl groups excluding tert-OH is 1. The number of hydrogen-bond acceptors (Lipinski definition) is 2. The number of aliphatic hydroxyl groups is 1. The Labute approximate surface area is 151 Å². The molecule has 132 valence electrons. The first-order valence-corrected chi connectivity index (χ1v) is 9.26. The van der Waals surface area contributed by atoms with E-state index in [9.17, 15) is 5.11 Å². The van der Waals surface area contributed by atoms with Crippen LogP contribution in [0.5, 0.6) is 0 Å². The van der Waals surface area contributed by atoms with Gasteiger partial charge in [-0.3, -0.25) is 9.48 Å². The zero-order valence-corrected chi connectivity index (χ0v) is 15.3. The van der Waals surface area contributed by atoms with Gasteiger partial charge in [-0.15, -0.1) is 0 Å². The maximum atomic E-state index is 9.81. The summed E-state index contributed by atoms with van der Waals surface area (Å²) in [4.78, 5) is 2.32. The lowest BCUT2D eigenvalue weighted by Gasteiger charge is -2.20. The summed E-state index contributed by atoms with van der Waals surface area (Å²) >= 11 is 0. The highest BCUT2D eigenvalue weighted by atomic mass is 16.3. The standard InChI is InChI=1S/C22H29N2O/c1-18(2)15-21(16-25)23-13-14-24(17-23)22(19-9-5-3-6-10-19)20-11-7-4-8-12-20/h3-12,17-18,21-22,25H,13-16H2,1-2H3/q+1/t21-/m0/s1. The van der Waals surface area contributed by atoms with Gasteiger partial charge in [0.25, 0.3) is 0 Å². The van der Waals surface area contributed by atoms with Crippen molar-refractivity contribution in [2.24, 2.45) is 5.92 Å². The highest BCUT2D eigenvalue weighted by molar-refractivity contribution is 5.52. The third-order valence-electron chi connectivity index (χ3n) is 4.90. The van der Waals surface area contributed by atoms with Crippen LogP contribution < -0.4 is 0 Å². The van der Waals surface area contributed by atoms with Gasteiger partial charge in [-0.05, 0) is 12.3 Å². The average molecular weight is 337 g/mol. The van der Waals surface area contributed by atoms with Gasteiger partial charge in [0.1, 0.15) is 25.2 Å². The van der Waals surface area contributed by atoms with Crippen LogP contribution in [0.15, 0.2) is 60.7 Å². The number of rotatable bonds is 7. The van der Waals surface area contributed by atoms with Gasteiger partial charge in [-0.25, -0.2) is 0 Å². The van der Waals surface area contributed by atoms with Crippen LogP contribution in [-0.2, 0) is 0 Å². The zero-order chi connectivity index (χ0) is 17.6. The lowest BCUT2D eigenvalue weighted by atomic mass is 9.98. The molecule has 1 aliphatic heterocycles. The Hall–Kier alpha value is -2.13. The summed E-state index contributed by atoms with van der Waals surface area (Å²) in [5.74, 6) is 0.582. The van der Waals surface area contributed by atoms with Crippen molar-refractivity contribution < 1.29 is 9.68 Å². The number of nitrogens with zero attached hydrogens (tertiary/aromatic N) is 2. The molecule has 3 nitrogen and oxygen atoms in total. The van der Waals surface area contributed by atoms with E-state index in [0.717, 1.165) is 19.5 Å². The Morgan fingerprint density at radius 2 is 1.52 bits per heavy atom. The normalized spacial score (nSPS) is 15.7. The predicted molar refractivity (Wildman–Crippen MR) is 103 cm³/mol. The fourth-order valence-corrected chi connectivity index (χ4v) is 3.71. The van der Waals surface area contributed by atoms with E-state index in [0.29, 0.717) is 5.92 Å². The van der Waals surface area contributed by atoms with E-state index < -0.39 is 0 Å². The Morgan fingerprint density at radius 3 is 2.00 bits per heavy atom. The molecule has 0 saturated heterocycles. The molecule has 0 aliphatic carbocycles. The molecule has 3 heteroatoms. The molecule has 1 atom stereocenters. The summed E-state index contributed by atoms with van der Waals surface area (Å²) in [5, 5.41) is 9.81. The van der Waals surface area contributed by atoms with Crippen LogP contribution in [0.25, 0.3) is 0 Å². The Balaban J connectivity index is 1.91. The lowest BCUT2D eigenvalue weighted by Crippen LogP contribution is -2.36. The summed E-state index contributed by atoms with van der Waals surface area (Å²) in [5.41, 5.74) is 2.60. The van der Waals surface area contributed by atoms with Gasteiger partial charge in [-0.1, -0.05) is 74.5 Å². The van der Waals surface area contributed by atoms with E-state index >= 15 is 0 Å². The molecule has 0 spiro atoms. The third-order valence-corrected chi connectivity index (χ3v) is 4.90. The molecule has 0 aromatic heterocycles. The number of benzene rings is 2. The molecule has 0 bridgehead atoms. The van der Waals surface area contributed by atoms with E-state index in [1.807, 2.05) is 0 Å². The van der Waals surface area contributed by atoms with Crippen molar-refractivity contribution in [2.45, 2.75) is 32.4 Å². The molecular weight excluding hydrogens is 308 g/mol.